The molecule has 31 heavy (non-hydrogen) atoms. The Balaban J connectivity index is 1.55. The number of imide groups is 1. The quantitative estimate of drug-likeness (QED) is 0.587. The molecule has 1 aromatic heterocycles. The van der Waals surface area contributed by atoms with Gasteiger partial charge in [-0.3, -0.25) is 24.2 Å². The number of rotatable bonds is 3. The lowest BCUT2D eigenvalue weighted by Crippen LogP contribution is -2.50. The number of benzene rings is 2. The molecular formula is C23H19N3O4S. The molecule has 3 amide bonds. The molecule has 3 aromatic rings. The smallest absolute Gasteiger partial charge is 0.269 e. The van der Waals surface area contributed by atoms with Crippen LogP contribution in [0.25, 0.3) is 11.3 Å². The number of nitrogens with zero attached hydrogens (tertiary/aromatic N) is 3. The van der Waals surface area contributed by atoms with E-state index in [1.54, 1.807) is 48.6 Å². The summed E-state index contributed by atoms with van der Waals surface area (Å²) < 4.78 is 5.78. The van der Waals surface area contributed by atoms with Crippen LogP contribution in [0.5, 0.6) is 5.75 Å². The average molecular weight is 433 g/mol. The SMILES string of the molecule is Cc1nc(-c2ccc3c(c2)N(CN2C(=O)c4ccccc4C2=O)C(=O)C(C)O3)c(C)s1. The first-order valence-electron chi connectivity index (χ1n) is 9.87. The van der Waals surface area contributed by atoms with Crippen LogP contribution in [0.2, 0.25) is 0 Å². The van der Waals surface area contributed by atoms with Gasteiger partial charge in [-0.05, 0) is 51.1 Å². The Kier molecular flexibility index (Phi) is 4.40. The van der Waals surface area contributed by atoms with E-state index in [0.29, 0.717) is 22.6 Å². The molecule has 1 atom stereocenters. The number of fused-ring (bicyclic) bond motifs is 2. The van der Waals surface area contributed by atoms with Crippen LogP contribution in [0.3, 0.4) is 0 Å². The van der Waals surface area contributed by atoms with E-state index in [-0.39, 0.29) is 12.6 Å². The van der Waals surface area contributed by atoms with Crippen molar-refractivity contribution >= 4 is 34.7 Å². The molecule has 2 aromatic carbocycles. The summed E-state index contributed by atoms with van der Waals surface area (Å²) in [7, 11) is 0. The third kappa shape index (κ3) is 3.02. The second kappa shape index (κ2) is 7.02. The van der Waals surface area contributed by atoms with Crippen molar-refractivity contribution in [3.63, 3.8) is 0 Å². The highest BCUT2D eigenvalue weighted by Gasteiger charge is 2.40. The number of anilines is 1. The van der Waals surface area contributed by atoms with Crippen LogP contribution < -0.4 is 9.64 Å². The second-order valence-corrected chi connectivity index (χ2v) is 8.98. The Morgan fingerprint density at radius 1 is 1.00 bits per heavy atom. The molecular weight excluding hydrogens is 414 g/mol. The van der Waals surface area contributed by atoms with E-state index < -0.39 is 17.9 Å². The van der Waals surface area contributed by atoms with Crippen LogP contribution in [0.4, 0.5) is 5.69 Å². The number of hydrogen-bond donors (Lipinski definition) is 0. The van der Waals surface area contributed by atoms with Crippen molar-refractivity contribution in [2.24, 2.45) is 0 Å². The van der Waals surface area contributed by atoms with Gasteiger partial charge in [-0.25, -0.2) is 4.98 Å². The minimum atomic E-state index is -0.725. The van der Waals surface area contributed by atoms with E-state index in [4.69, 9.17) is 4.74 Å². The van der Waals surface area contributed by atoms with Gasteiger partial charge in [0.2, 0.25) is 0 Å². The largest absolute Gasteiger partial charge is 0.479 e. The molecule has 0 fully saturated rings. The third-order valence-corrected chi connectivity index (χ3v) is 6.39. The monoisotopic (exact) mass is 433 g/mol. The summed E-state index contributed by atoms with van der Waals surface area (Å²) >= 11 is 1.60. The van der Waals surface area contributed by atoms with Crippen LogP contribution in [-0.4, -0.2) is 40.4 Å². The van der Waals surface area contributed by atoms with E-state index in [2.05, 4.69) is 4.98 Å². The molecule has 7 nitrogen and oxygen atoms in total. The summed E-state index contributed by atoms with van der Waals surface area (Å²) in [4.78, 5) is 46.9. The van der Waals surface area contributed by atoms with Crippen molar-refractivity contribution in [3.05, 3.63) is 63.5 Å². The Hall–Kier alpha value is -3.52. The zero-order valence-corrected chi connectivity index (χ0v) is 18.0. The van der Waals surface area contributed by atoms with Gasteiger partial charge >= 0.3 is 0 Å². The molecule has 156 valence electrons. The van der Waals surface area contributed by atoms with Gasteiger partial charge in [0.1, 0.15) is 12.4 Å². The lowest BCUT2D eigenvalue weighted by atomic mass is 10.1. The van der Waals surface area contributed by atoms with Gasteiger partial charge in [0.25, 0.3) is 17.7 Å². The van der Waals surface area contributed by atoms with Gasteiger partial charge in [-0.15, -0.1) is 11.3 Å². The number of thiazole rings is 1. The van der Waals surface area contributed by atoms with Crippen molar-refractivity contribution in [2.45, 2.75) is 26.9 Å². The molecule has 8 heteroatoms. The van der Waals surface area contributed by atoms with Crippen molar-refractivity contribution < 1.29 is 19.1 Å². The molecule has 3 heterocycles. The Bertz CT molecular complexity index is 1230. The van der Waals surface area contributed by atoms with Crippen molar-refractivity contribution in [1.29, 1.82) is 0 Å². The number of carbonyl (C=O) groups excluding carboxylic acids is 3. The predicted octanol–water partition coefficient (Wildman–Crippen LogP) is 3.79. The first-order valence-corrected chi connectivity index (χ1v) is 10.7. The Morgan fingerprint density at radius 2 is 1.68 bits per heavy atom. The van der Waals surface area contributed by atoms with Crippen LogP contribution in [0.15, 0.2) is 42.5 Å². The highest BCUT2D eigenvalue weighted by Crippen LogP contribution is 2.39. The van der Waals surface area contributed by atoms with Gasteiger partial charge in [-0.1, -0.05) is 12.1 Å². The Labute approximate surface area is 182 Å². The lowest BCUT2D eigenvalue weighted by Gasteiger charge is -2.35. The normalized spacial score (nSPS) is 17.6. The van der Waals surface area contributed by atoms with Crippen molar-refractivity contribution in [2.75, 3.05) is 11.6 Å². The molecule has 0 aliphatic carbocycles. The van der Waals surface area contributed by atoms with E-state index in [1.807, 2.05) is 26.0 Å². The number of amides is 3. The minimum absolute atomic E-state index is 0.176. The molecule has 0 spiro atoms. The van der Waals surface area contributed by atoms with Gasteiger partial charge in [0.15, 0.2) is 6.10 Å². The average Bonchev–Trinajstić information content (AvgIpc) is 3.22. The number of aromatic nitrogens is 1. The van der Waals surface area contributed by atoms with E-state index in [1.165, 1.54) is 4.90 Å². The molecule has 2 aliphatic heterocycles. The zero-order chi connectivity index (χ0) is 21.9. The van der Waals surface area contributed by atoms with Crippen LogP contribution in [-0.2, 0) is 4.79 Å². The van der Waals surface area contributed by atoms with Gasteiger partial charge in [-0.2, -0.15) is 0 Å². The minimum Gasteiger partial charge on any atom is -0.479 e. The number of hydrogen-bond acceptors (Lipinski definition) is 6. The fraction of sp³-hybridized carbons (Fsp3) is 0.217. The summed E-state index contributed by atoms with van der Waals surface area (Å²) in [6.45, 7) is 5.43. The summed E-state index contributed by atoms with van der Waals surface area (Å²) in [6, 6.07) is 12.2. The topological polar surface area (TPSA) is 79.8 Å². The van der Waals surface area contributed by atoms with Crippen LogP contribution in [0.1, 0.15) is 37.5 Å². The Morgan fingerprint density at radius 3 is 2.29 bits per heavy atom. The van der Waals surface area contributed by atoms with Crippen molar-refractivity contribution in [1.82, 2.24) is 9.88 Å². The number of ether oxygens (including phenoxy) is 1. The second-order valence-electron chi connectivity index (χ2n) is 7.57. The molecule has 0 N–H and O–H groups in total. The van der Waals surface area contributed by atoms with Crippen molar-refractivity contribution in [3.8, 4) is 17.0 Å². The van der Waals surface area contributed by atoms with Gasteiger partial charge in [0, 0.05) is 10.4 Å². The molecule has 0 saturated heterocycles. The highest BCUT2D eigenvalue weighted by molar-refractivity contribution is 7.11. The van der Waals surface area contributed by atoms with Gasteiger partial charge < -0.3 is 4.74 Å². The van der Waals surface area contributed by atoms with Crippen LogP contribution >= 0.6 is 11.3 Å². The molecule has 2 aliphatic rings. The lowest BCUT2D eigenvalue weighted by molar-refractivity contribution is -0.125. The number of carbonyl (C=O) groups is 3. The summed E-state index contributed by atoms with van der Waals surface area (Å²) in [6.07, 6.45) is -0.725. The van der Waals surface area contributed by atoms with Gasteiger partial charge in [0.05, 0.1) is 27.5 Å². The zero-order valence-electron chi connectivity index (χ0n) is 17.2. The molecule has 0 radical (unpaired) electrons. The van der Waals surface area contributed by atoms with Crippen LogP contribution in [0, 0.1) is 13.8 Å². The molecule has 1 unspecified atom stereocenters. The standard InChI is InChI=1S/C23H19N3O4S/c1-12-21(27)25(11-26-22(28)16-6-4-5-7-17(16)23(26)29)18-10-15(8-9-19(18)30-12)20-13(2)31-14(3)24-20/h4-10,12H,11H2,1-3H3. The summed E-state index contributed by atoms with van der Waals surface area (Å²) in [5.74, 6) is -0.600. The highest BCUT2D eigenvalue weighted by atomic mass is 32.1. The summed E-state index contributed by atoms with van der Waals surface area (Å²) in [5.41, 5.74) is 2.91. The molecule has 0 bridgehead atoms. The molecule has 5 rings (SSSR count). The maximum atomic E-state index is 13.0. The van der Waals surface area contributed by atoms with E-state index >= 15 is 0 Å². The number of aryl methyl sites for hydroxylation is 2. The predicted molar refractivity (Wildman–Crippen MR) is 116 cm³/mol. The summed E-state index contributed by atoms with van der Waals surface area (Å²) in [5, 5.41) is 0.953. The maximum absolute atomic E-state index is 13.0. The fourth-order valence-electron chi connectivity index (χ4n) is 4.01. The van der Waals surface area contributed by atoms with E-state index in [0.717, 1.165) is 26.0 Å². The van der Waals surface area contributed by atoms with E-state index in [9.17, 15) is 14.4 Å². The first-order chi connectivity index (χ1) is 14.8. The molecule has 0 saturated carbocycles. The maximum Gasteiger partial charge on any atom is 0.269 e. The fourth-order valence-corrected chi connectivity index (χ4v) is 4.85. The third-order valence-electron chi connectivity index (χ3n) is 5.51. The first kappa shape index (κ1) is 19.4.